The molecule has 0 fully saturated rings. The molecule has 0 heterocycles. The Bertz CT molecular complexity index is 297. The van der Waals surface area contributed by atoms with Crippen molar-refractivity contribution in [3.8, 4) is 11.5 Å². The fourth-order valence-electron chi connectivity index (χ4n) is 1.08. The summed E-state index contributed by atoms with van der Waals surface area (Å²) in [5.41, 5.74) is 1.77. The quantitative estimate of drug-likeness (QED) is 0.695. The van der Waals surface area contributed by atoms with Gasteiger partial charge in [-0.25, -0.2) is 0 Å². The molecule has 0 spiro atoms. The third-order valence-corrected chi connectivity index (χ3v) is 1.87. The van der Waals surface area contributed by atoms with Crippen LogP contribution in [0.2, 0.25) is 0 Å². The third-order valence-electron chi connectivity index (χ3n) is 1.87. The average molecular weight is 181 g/mol. The Morgan fingerprint density at radius 1 is 1.31 bits per heavy atom. The molecule has 3 heteroatoms. The summed E-state index contributed by atoms with van der Waals surface area (Å²) >= 11 is 0. The number of nitrogens with one attached hydrogen (secondary N) is 1. The van der Waals surface area contributed by atoms with Crippen molar-refractivity contribution >= 4 is 0 Å². The molecule has 0 unspecified atom stereocenters. The van der Waals surface area contributed by atoms with Gasteiger partial charge in [-0.2, -0.15) is 0 Å². The second-order valence-corrected chi connectivity index (χ2v) is 3.05. The second kappa shape index (κ2) is 4.14. The number of benzene rings is 1. The number of phenolic OH excluding ortho intramolecular Hbond substituents is 1. The number of aryl methyl sites for hydroxylation is 2. The molecule has 0 aromatic heterocycles. The highest BCUT2D eigenvalue weighted by Crippen LogP contribution is 2.26. The zero-order valence-electron chi connectivity index (χ0n) is 8.22. The summed E-state index contributed by atoms with van der Waals surface area (Å²) in [7, 11) is 1.82. The monoisotopic (exact) mass is 181 g/mol. The lowest BCUT2D eigenvalue weighted by atomic mass is 10.1. The Balaban J connectivity index is 2.88. The lowest BCUT2D eigenvalue weighted by Gasteiger charge is -2.10. The Morgan fingerprint density at radius 2 is 2.00 bits per heavy atom. The van der Waals surface area contributed by atoms with Crippen LogP contribution in [0.25, 0.3) is 0 Å². The zero-order chi connectivity index (χ0) is 9.84. The fourth-order valence-corrected chi connectivity index (χ4v) is 1.08. The molecule has 0 amide bonds. The summed E-state index contributed by atoms with van der Waals surface area (Å²) in [6.45, 7) is 4.23. The Kier molecular flexibility index (Phi) is 3.14. The van der Waals surface area contributed by atoms with Crippen LogP contribution in [0.15, 0.2) is 12.1 Å². The van der Waals surface area contributed by atoms with E-state index in [-0.39, 0.29) is 0 Å². The average Bonchev–Trinajstić information content (AvgIpc) is 2.09. The van der Waals surface area contributed by atoms with Crippen molar-refractivity contribution in [1.82, 2.24) is 5.32 Å². The van der Waals surface area contributed by atoms with E-state index < -0.39 is 0 Å². The number of hydrogen-bond acceptors (Lipinski definition) is 3. The van der Waals surface area contributed by atoms with Gasteiger partial charge in [0.2, 0.25) is 0 Å². The van der Waals surface area contributed by atoms with Crippen molar-refractivity contribution < 1.29 is 9.84 Å². The smallest absolute Gasteiger partial charge is 0.139 e. The number of hydrogen-bond donors (Lipinski definition) is 2. The molecule has 13 heavy (non-hydrogen) atoms. The van der Waals surface area contributed by atoms with Gasteiger partial charge in [0.1, 0.15) is 18.2 Å². The summed E-state index contributed by atoms with van der Waals surface area (Å²) in [5, 5.41) is 12.3. The second-order valence-electron chi connectivity index (χ2n) is 3.05. The minimum atomic E-state index is 0.314. The van der Waals surface area contributed by atoms with Crippen LogP contribution in [0.3, 0.4) is 0 Å². The summed E-state index contributed by atoms with van der Waals surface area (Å²) in [6, 6.07) is 3.54. The van der Waals surface area contributed by atoms with E-state index in [0.717, 1.165) is 16.9 Å². The molecule has 1 rings (SSSR count). The van der Waals surface area contributed by atoms with E-state index >= 15 is 0 Å². The van der Waals surface area contributed by atoms with Gasteiger partial charge >= 0.3 is 0 Å². The maximum atomic E-state index is 9.38. The van der Waals surface area contributed by atoms with Crippen molar-refractivity contribution in [3.63, 3.8) is 0 Å². The summed E-state index contributed by atoms with van der Waals surface area (Å²) in [4.78, 5) is 0. The SMILES string of the molecule is CNCOc1cc(C)c(O)cc1C. The molecule has 0 aliphatic carbocycles. The van der Waals surface area contributed by atoms with E-state index in [1.165, 1.54) is 0 Å². The van der Waals surface area contributed by atoms with Crippen LogP contribution in [0.5, 0.6) is 11.5 Å². The van der Waals surface area contributed by atoms with Crippen LogP contribution in [0, 0.1) is 13.8 Å². The lowest BCUT2D eigenvalue weighted by molar-refractivity contribution is 0.293. The van der Waals surface area contributed by atoms with E-state index in [0.29, 0.717) is 12.5 Å². The van der Waals surface area contributed by atoms with E-state index in [1.807, 2.05) is 27.0 Å². The number of ether oxygens (including phenoxy) is 1. The van der Waals surface area contributed by atoms with Gasteiger partial charge in [0.25, 0.3) is 0 Å². The molecule has 0 aliphatic rings. The Hall–Kier alpha value is -1.22. The van der Waals surface area contributed by atoms with Crippen LogP contribution in [-0.2, 0) is 0 Å². The minimum absolute atomic E-state index is 0.314. The van der Waals surface area contributed by atoms with E-state index in [9.17, 15) is 5.11 Å². The van der Waals surface area contributed by atoms with Crippen molar-refractivity contribution in [2.24, 2.45) is 0 Å². The van der Waals surface area contributed by atoms with Gasteiger partial charge in [-0.3, -0.25) is 5.32 Å². The largest absolute Gasteiger partial charge is 0.508 e. The van der Waals surface area contributed by atoms with Gasteiger partial charge in [-0.05, 0) is 44.2 Å². The summed E-state index contributed by atoms with van der Waals surface area (Å²) in [5.74, 6) is 1.12. The molecule has 2 N–H and O–H groups in total. The van der Waals surface area contributed by atoms with Gasteiger partial charge < -0.3 is 9.84 Å². The van der Waals surface area contributed by atoms with Crippen molar-refractivity contribution in [2.75, 3.05) is 13.8 Å². The fraction of sp³-hybridized carbons (Fsp3) is 0.400. The molecule has 72 valence electrons. The first-order valence-electron chi connectivity index (χ1n) is 4.22. The van der Waals surface area contributed by atoms with Gasteiger partial charge in [-0.15, -0.1) is 0 Å². The maximum absolute atomic E-state index is 9.38. The maximum Gasteiger partial charge on any atom is 0.139 e. The number of aromatic hydroxyl groups is 1. The first-order chi connectivity index (χ1) is 6.15. The van der Waals surface area contributed by atoms with E-state index in [1.54, 1.807) is 6.07 Å². The molecule has 0 saturated carbocycles. The van der Waals surface area contributed by atoms with E-state index in [4.69, 9.17) is 4.74 Å². The molecule has 0 saturated heterocycles. The van der Waals surface area contributed by atoms with Gasteiger partial charge in [-0.1, -0.05) is 0 Å². The lowest BCUT2D eigenvalue weighted by Crippen LogP contribution is -2.14. The predicted octanol–water partition coefficient (Wildman–Crippen LogP) is 1.56. The van der Waals surface area contributed by atoms with Crippen LogP contribution in [-0.4, -0.2) is 18.9 Å². The first-order valence-corrected chi connectivity index (χ1v) is 4.22. The Labute approximate surface area is 78.3 Å². The zero-order valence-corrected chi connectivity index (χ0v) is 8.22. The molecule has 0 aliphatic heterocycles. The molecule has 0 atom stereocenters. The topological polar surface area (TPSA) is 41.5 Å². The van der Waals surface area contributed by atoms with Gasteiger partial charge in [0, 0.05) is 0 Å². The number of phenols is 1. The third kappa shape index (κ3) is 2.36. The van der Waals surface area contributed by atoms with Gasteiger partial charge in [0.05, 0.1) is 0 Å². The van der Waals surface area contributed by atoms with Crippen LogP contribution >= 0.6 is 0 Å². The molecular weight excluding hydrogens is 166 g/mol. The molecule has 1 aromatic rings. The van der Waals surface area contributed by atoms with Crippen molar-refractivity contribution in [2.45, 2.75) is 13.8 Å². The highest BCUT2D eigenvalue weighted by atomic mass is 16.5. The molecule has 0 bridgehead atoms. The molecule has 3 nitrogen and oxygen atoms in total. The van der Waals surface area contributed by atoms with Crippen molar-refractivity contribution in [1.29, 1.82) is 0 Å². The molecule has 1 aromatic carbocycles. The Morgan fingerprint density at radius 3 is 2.62 bits per heavy atom. The minimum Gasteiger partial charge on any atom is -0.508 e. The molecule has 0 radical (unpaired) electrons. The first kappa shape index (κ1) is 9.86. The standard InChI is InChI=1S/C10H15NO2/c1-7-5-10(13-6-11-3)8(2)4-9(7)12/h4-5,11-12H,6H2,1-3H3. The summed E-state index contributed by atoms with van der Waals surface area (Å²) < 4.78 is 5.40. The van der Waals surface area contributed by atoms with Crippen LogP contribution in [0.1, 0.15) is 11.1 Å². The van der Waals surface area contributed by atoms with Gasteiger partial charge in [0.15, 0.2) is 0 Å². The van der Waals surface area contributed by atoms with Crippen LogP contribution in [0.4, 0.5) is 0 Å². The molecular formula is C10H15NO2. The highest BCUT2D eigenvalue weighted by Gasteiger charge is 2.03. The van der Waals surface area contributed by atoms with E-state index in [2.05, 4.69) is 5.32 Å². The predicted molar refractivity (Wildman–Crippen MR) is 52.1 cm³/mol. The highest BCUT2D eigenvalue weighted by molar-refractivity contribution is 5.44. The normalized spacial score (nSPS) is 10.1. The van der Waals surface area contributed by atoms with Crippen LogP contribution < -0.4 is 10.1 Å². The number of rotatable bonds is 3. The summed E-state index contributed by atoms with van der Waals surface area (Å²) in [6.07, 6.45) is 0. The van der Waals surface area contributed by atoms with Crippen molar-refractivity contribution in [3.05, 3.63) is 23.3 Å².